The predicted octanol–water partition coefficient (Wildman–Crippen LogP) is 8.12. The Labute approximate surface area is 232 Å². The van der Waals surface area contributed by atoms with Crippen molar-refractivity contribution in [1.29, 1.82) is 0 Å². The van der Waals surface area contributed by atoms with Gasteiger partial charge in [-0.2, -0.15) is 4.91 Å². The lowest BCUT2D eigenvalue weighted by Crippen LogP contribution is -2.21. The van der Waals surface area contributed by atoms with Crippen LogP contribution in [0.5, 0.6) is 0 Å². The third kappa shape index (κ3) is 6.10. The van der Waals surface area contributed by atoms with E-state index in [0.717, 1.165) is 61.0 Å². The molecule has 2 aliphatic carbocycles. The number of hydrogen-bond acceptors (Lipinski definition) is 6. The van der Waals surface area contributed by atoms with E-state index in [4.69, 9.17) is 9.97 Å². The fourth-order valence-corrected chi connectivity index (χ4v) is 5.83. The molecule has 39 heavy (non-hydrogen) atoms. The molecular weight excluding hydrogens is 484 g/mol. The van der Waals surface area contributed by atoms with E-state index in [1.165, 1.54) is 24.0 Å². The lowest BCUT2D eigenvalue weighted by atomic mass is 9.92. The summed E-state index contributed by atoms with van der Waals surface area (Å²) in [4.78, 5) is 35.7. The number of carbonyl (C=O) groups excluding carboxylic acids is 1. The topological polar surface area (TPSA) is 75.5 Å². The first-order chi connectivity index (χ1) is 19.0. The van der Waals surface area contributed by atoms with Crippen LogP contribution in [0, 0.1) is 16.7 Å². The average molecular weight is 525 g/mol. The molecule has 1 aromatic carbocycles. The molecule has 2 fully saturated rings. The molecule has 0 unspecified atom stereocenters. The van der Waals surface area contributed by atoms with E-state index < -0.39 is 0 Å². The minimum Gasteiger partial charge on any atom is -0.309 e. The van der Waals surface area contributed by atoms with Crippen LogP contribution >= 0.6 is 0 Å². The van der Waals surface area contributed by atoms with Gasteiger partial charge in [0.15, 0.2) is 5.78 Å². The second-order valence-corrected chi connectivity index (χ2v) is 11.6. The number of aromatic nitrogens is 2. The molecule has 1 spiro atoms. The molecule has 6 heteroatoms. The summed E-state index contributed by atoms with van der Waals surface area (Å²) in [5, 5.41) is 3.11. The van der Waals surface area contributed by atoms with Gasteiger partial charge in [-0.1, -0.05) is 61.9 Å². The summed E-state index contributed by atoms with van der Waals surface area (Å²) in [6.07, 6.45) is 19.2. The molecule has 1 aliphatic heterocycles. The SMILES string of the molecule is C=C(/C=C(\C=C/C)C1CC1)c1cnc(N2CC3(CC3)c3ccc(C(=O)CC[C@@H](CCCC)CN=O)cc32)nc1. The van der Waals surface area contributed by atoms with Crippen LogP contribution in [0.25, 0.3) is 5.57 Å². The summed E-state index contributed by atoms with van der Waals surface area (Å²) in [6, 6.07) is 6.15. The molecule has 1 atom stereocenters. The second kappa shape index (κ2) is 11.8. The number of hydrogen-bond donors (Lipinski definition) is 0. The Hall–Kier alpha value is -3.41. The van der Waals surface area contributed by atoms with E-state index in [-0.39, 0.29) is 17.1 Å². The van der Waals surface area contributed by atoms with E-state index in [9.17, 15) is 9.70 Å². The molecule has 0 amide bonds. The number of nitroso groups, excluding NO2 is 1. The number of allylic oxidation sites excluding steroid dienone is 5. The molecule has 204 valence electrons. The van der Waals surface area contributed by atoms with Gasteiger partial charge in [-0.25, -0.2) is 9.97 Å². The van der Waals surface area contributed by atoms with Crippen LogP contribution < -0.4 is 4.90 Å². The molecule has 6 nitrogen and oxygen atoms in total. The van der Waals surface area contributed by atoms with Gasteiger partial charge in [-0.15, -0.1) is 0 Å². The third-order valence-corrected chi connectivity index (χ3v) is 8.57. The van der Waals surface area contributed by atoms with E-state index in [1.54, 1.807) is 0 Å². The molecule has 3 aliphatic rings. The highest BCUT2D eigenvalue weighted by Crippen LogP contribution is 2.57. The van der Waals surface area contributed by atoms with Crippen molar-refractivity contribution in [2.45, 2.75) is 77.0 Å². The molecule has 0 saturated heterocycles. The number of ketones is 1. The Morgan fingerprint density at radius 2 is 1.97 bits per heavy atom. The normalized spacial score (nSPS) is 18.4. The Morgan fingerprint density at radius 1 is 1.21 bits per heavy atom. The van der Waals surface area contributed by atoms with Crippen LogP contribution in [-0.2, 0) is 5.41 Å². The number of benzene rings is 1. The number of unbranched alkanes of at least 4 members (excludes halogenated alkanes) is 1. The Balaban J connectivity index is 1.32. The van der Waals surface area contributed by atoms with Gasteiger partial charge in [0, 0.05) is 47.6 Å². The van der Waals surface area contributed by atoms with Crippen LogP contribution in [0.2, 0.25) is 0 Å². The molecule has 2 saturated carbocycles. The van der Waals surface area contributed by atoms with Crippen LogP contribution in [0.3, 0.4) is 0 Å². The number of Topliss-reactive ketones (excluding diaryl/α,β-unsaturated/α-hetero) is 1. The van der Waals surface area contributed by atoms with Gasteiger partial charge in [0.25, 0.3) is 0 Å². The second-order valence-electron chi connectivity index (χ2n) is 11.6. The molecule has 1 aromatic heterocycles. The Bertz CT molecular complexity index is 1290. The first-order valence-corrected chi connectivity index (χ1v) is 14.6. The predicted molar refractivity (Wildman–Crippen MR) is 158 cm³/mol. The zero-order valence-corrected chi connectivity index (χ0v) is 23.4. The molecule has 5 rings (SSSR count). The minimum absolute atomic E-state index is 0.119. The standard InChI is InChI=1S/C33H40N4O2/c1-4-6-8-24(19-36-39)9-14-31(38)27-12-13-29-30(18-27)37(22-33(29)15-16-33)32-34-20-28(21-35-32)23(3)17-26(7-5-2)25-10-11-25/h5,7,12-13,17-18,20-21,24-25H,3-4,6,8-11,14-16,19,22H2,1-2H3/b7-5-,26-17+/t24-/m1/s1. The molecule has 0 bridgehead atoms. The number of rotatable bonds is 14. The molecular formula is C33H40N4O2. The van der Waals surface area contributed by atoms with Crippen LogP contribution in [0.1, 0.15) is 93.1 Å². The van der Waals surface area contributed by atoms with Gasteiger partial charge >= 0.3 is 0 Å². The third-order valence-electron chi connectivity index (χ3n) is 8.57. The van der Waals surface area contributed by atoms with Crippen molar-refractivity contribution < 1.29 is 4.79 Å². The van der Waals surface area contributed by atoms with E-state index >= 15 is 0 Å². The monoisotopic (exact) mass is 524 g/mol. The van der Waals surface area contributed by atoms with Crippen molar-refractivity contribution in [3.8, 4) is 0 Å². The van der Waals surface area contributed by atoms with Crippen molar-refractivity contribution in [3.05, 3.63) is 82.6 Å². The summed E-state index contributed by atoms with van der Waals surface area (Å²) < 4.78 is 0. The van der Waals surface area contributed by atoms with Crippen LogP contribution in [0.4, 0.5) is 11.6 Å². The van der Waals surface area contributed by atoms with Crippen molar-refractivity contribution in [1.82, 2.24) is 9.97 Å². The lowest BCUT2D eigenvalue weighted by molar-refractivity contribution is 0.0973. The summed E-state index contributed by atoms with van der Waals surface area (Å²) in [6.45, 7) is 9.60. The molecule has 0 N–H and O–H groups in total. The molecule has 2 heterocycles. The maximum absolute atomic E-state index is 13.2. The van der Waals surface area contributed by atoms with Gasteiger partial charge in [0.2, 0.25) is 5.95 Å². The summed E-state index contributed by atoms with van der Waals surface area (Å²) >= 11 is 0. The zero-order chi connectivity index (χ0) is 27.4. The number of anilines is 2. The molecule has 0 radical (unpaired) electrons. The van der Waals surface area contributed by atoms with Crippen LogP contribution in [-0.4, -0.2) is 28.8 Å². The highest BCUT2D eigenvalue weighted by atomic mass is 16.3. The van der Waals surface area contributed by atoms with Gasteiger partial charge in [-0.3, -0.25) is 4.79 Å². The summed E-state index contributed by atoms with van der Waals surface area (Å²) in [7, 11) is 0. The zero-order valence-electron chi connectivity index (χ0n) is 23.4. The Kier molecular flexibility index (Phi) is 8.20. The summed E-state index contributed by atoms with van der Waals surface area (Å²) in [5.74, 6) is 1.61. The number of fused-ring (bicyclic) bond motifs is 2. The maximum Gasteiger partial charge on any atom is 0.229 e. The quantitative estimate of drug-likeness (QED) is 0.142. The fraction of sp³-hybridized carbons (Fsp3) is 0.485. The summed E-state index contributed by atoms with van der Waals surface area (Å²) in [5.41, 5.74) is 6.39. The van der Waals surface area contributed by atoms with Crippen molar-refractivity contribution >= 4 is 23.0 Å². The largest absolute Gasteiger partial charge is 0.309 e. The average Bonchev–Trinajstić information content (AvgIpc) is 3.88. The van der Waals surface area contributed by atoms with Gasteiger partial charge in [-0.05, 0) is 80.1 Å². The Morgan fingerprint density at radius 3 is 2.62 bits per heavy atom. The minimum atomic E-state index is 0.119. The van der Waals surface area contributed by atoms with E-state index in [2.05, 4.69) is 47.9 Å². The smallest absolute Gasteiger partial charge is 0.229 e. The number of nitrogens with zero attached hydrogens (tertiary/aromatic N) is 4. The number of carbonyl (C=O) groups is 1. The van der Waals surface area contributed by atoms with Crippen molar-refractivity contribution in [2.24, 2.45) is 17.0 Å². The van der Waals surface area contributed by atoms with Crippen LogP contribution in [0.15, 0.2) is 66.1 Å². The van der Waals surface area contributed by atoms with Gasteiger partial charge < -0.3 is 4.90 Å². The van der Waals surface area contributed by atoms with Gasteiger partial charge in [0.05, 0.1) is 6.54 Å². The van der Waals surface area contributed by atoms with Gasteiger partial charge in [0.1, 0.15) is 0 Å². The highest BCUT2D eigenvalue weighted by Gasteiger charge is 2.52. The van der Waals surface area contributed by atoms with Crippen molar-refractivity contribution in [3.63, 3.8) is 0 Å². The van der Waals surface area contributed by atoms with Crippen molar-refractivity contribution in [2.75, 3.05) is 18.0 Å². The van der Waals surface area contributed by atoms with E-state index in [0.29, 0.717) is 31.3 Å². The first kappa shape index (κ1) is 27.2. The van der Waals surface area contributed by atoms with E-state index in [1.807, 2.05) is 31.5 Å². The highest BCUT2D eigenvalue weighted by molar-refractivity contribution is 5.97. The fourth-order valence-electron chi connectivity index (χ4n) is 5.83. The molecule has 2 aromatic rings. The first-order valence-electron chi connectivity index (χ1n) is 14.6. The maximum atomic E-state index is 13.2. The lowest BCUT2D eigenvalue weighted by Gasteiger charge is -2.18.